The third-order valence-corrected chi connectivity index (χ3v) is 2.47. The Morgan fingerprint density at radius 3 is 2.41 bits per heavy atom. The second-order valence-corrected chi connectivity index (χ2v) is 3.58. The van der Waals surface area contributed by atoms with Gasteiger partial charge < -0.3 is 14.8 Å². The first-order valence-corrected chi connectivity index (χ1v) is 5.17. The van der Waals surface area contributed by atoms with Crippen molar-refractivity contribution in [2.24, 2.45) is 0 Å². The lowest BCUT2D eigenvalue weighted by Gasteiger charge is -2.05. The summed E-state index contributed by atoms with van der Waals surface area (Å²) in [5.74, 6) is 0.770. The molecule has 0 aliphatic carbocycles. The lowest BCUT2D eigenvalue weighted by atomic mass is 9.80. The predicted octanol–water partition coefficient (Wildman–Crippen LogP) is 0.437. The Morgan fingerprint density at radius 2 is 1.82 bits per heavy atom. The van der Waals surface area contributed by atoms with Crippen molar-refractivity contribution in [2.45, 2.75) is 0 Å². The van der Waals surface area contributed by atoms with Crippen LogP contribution in [0.5, 0.6) is 5.75 Å². The fraction of sp³-hybridized carbons (Fsp3) is 0.0833. The van der Waals surface area contributed by atoms with Crippen LogP contribution in [0.3, 0.4) is 0 Å². The van der Waals surface area contributed by atoms with Crippen LogP contribution in [0.4, 0.5) is 0 Å². The second-order valence-electron chi connectivity index (χ2n) is 3.58. The van der Waals surface area contributed by atoms with Crippen molar-refractivity contribution in [2.75, 3.05) is 7.11 Å². The summed E-state index contributed by atoms with van der Waals surface area (Å²) in [6.45, 7) is 0. The molecule has 86 valence electrons. The van der Waals surface area contributed by atoms with Gasteiger partial charge in [-0.2, -0.15) is 0 Å². The molecule has 2 aromatic rings. The minimum atomic E-state index is -1.48. The summed E-state index contributed by atoms with van der Waals surface area (Å²) < 4.78 is 5.07. The molecule has 0 spiro atoms. The average molecular weight is 229 g/mol. The second kappa shape index (κ2) is 4.99. The number of benzene rings is 1. The summed E-state index contributed by atoms with van der Waals surface area (Å²) in [7, 11) is 0.130. The van der Waals surface area contributed by atoms with Crippen LogP contribution in [0.25, 0.3) is 11.3 Å². The number of rotatable bonds is 3. The first kappa shape index (κ1) is 11.6. The molecule has 4 nitrogen and oxygen atoms in total. The summed E-state index contributed by atoms with van der Waals surface area (Å²) in [6, 6.07) is 10.6. The van der Waals surface area contributed by atoms with Crippen molar-refractivity contribution in [1.29, 1.82) is 0 Å². The quantitative estimate of drug-likeness (QED) is 0.749. The van der Waals surface area contributed by atoms with Gasteiger partial charge in [0.05, 0.1) is 12.8 Å². The smallest absolute Gasteiger partial charge is 0.488 e. The highest BCUT2D eigenvalue weighted by Crippen LogP contribution is 2.19. The lowest BCUT2D eigenvalue weighted by molar-refractivity contribution is 0.415. The van der Waals surface area contributed by atoms with E-state index in [-0.39, 0.29) is 0 Å². The van der Waals surface area contributed by atoms with Crippen LogP contribution in [0.15, 0.2) is 42.6 Å². The van der Waals surface area contributed by atoms with Gasteiger partial charge in [0, 0.05) is 11.8 Å². The van der Waals surface area contributed by atoms with E-state index < -0.39 is 7.12 Å². The van der Waals surface area contributed by atoms with Crippen LogP contribution in [0.2, 0.25) is 0 Å². The maximum Gasteiger partial charge on any atom is 0.488 e. The highest BCUT2D eigenvalue weighted by Gasteiger charge is 2.11. The number of hydrogen-bond donors (Lipinski definition) is 2. The molecule has 0 aliphatic rings. The molecule has 0 atom stereocenters. The Morgan fingerprint density at radius 1 is 1.12 bits per heavy atom. The molecule has 0 fully saturated rings. The first-order valence-electron chi connectivity index (χ1n) is 5.17. The Kier molecular flexibility index (Phi) is 3.42. The van der Waals surface area contributed by atoms with E-state index in [0.717, 1.165) is 11.3 Å². The molecular formula is C12H12BNO3. The van der Waals surface area contributed by atoms with E-state index >= 15 is 0 Å². The van der Waals surface area contributed by atoms with E-state index in [1.54, 1.807) is 25.4 Å². The maximum atomic E-state index is 9.09. The Labute approximate surface area is 99.7 Å². The minimum Gasteiger partial charge on any atom is -0.497 e. The van der Waals surface area contributed by atoms with Crippen molar-refractivity contribution in [3.63, 3.8) is 0 Å². The van der Waals surface area contributed by atoms with Crippen molar-refractivity contribution in [1.82, 2.24) is 4.98 Å². The van der Waals surface area contributed by atoms with Crippen LogP contribution in [0.1, 0.15) is 0 Å². The van der Waals surface area contributed by atoms with Crippen molar-refractivity contribution in [3.8, 4) is 17.0 Å². The van der Waals surface area contributed by atoms with Gasteiger partial charge in [0.15, 0.2) is 0 Å². The predicted molar refractivity (Wildman–Crippen MR) is 66.1 cm³/mol. The maximum absolute atomic E-state index is 9.09. The average Bonchev–Trinajstić information content (AvgIpc) is 2.39. The van der Waals surface area contributed by atoms with Crippen LogP contribution in [-0.4, -0.2) is 29.3 Å². The molecule has 0 saturated heterocycles. The fourth-order valence-corrected chi connectivity index (χ4v) is 1.53. The van der Waals surface area contributed by atoms with Crippen molar-refractivity contribution >= 4 is 12.6 Å². The van der Waals surface area contributed by atoms with Crippen LogP contribution in [0, 0.1) is 0 Å². The molecule has 1 aromatic carbocycles. The summed E-state index contributed by atoms with van der Waals surface area (Å²) in [4.78, 5) is 4.18. The molecule has 0 radical (unpaired) electrons. The molecule has 2 N–H and O–H groups in total. The third-order valence-electron chi connectivity index (χ3n) is 2.47. The molecule has 0 saturated carbocycles. The number of aromatic nitrogens is 1. The number of ether oxygens (including phenoxy) is 1. The summed E-state index contributed by atoms with van der Waals surface area (Å²) in [6.07, 6.45) is 1.55. The van der Waals surface area contributed by atoms with E-state index in [0.29, 0.717) is 11.2 Å². The van der Waals surface area contributed by atoms with E-state index in [9.17, 15) is 0 Å². The Balaban J connectivity index is 2.35. The number of pyridine rings is 1. The third kappa shape index (κ3) is 2.64. The van der Waals surface area contributed by atoms with Crippen LogP contribution >= 0.6 is 0 Å². The molecule has 2 rings (SSSR count). The van der Waals surface area contributed by atoms with Gasteiger partial charge >= 0.3 is 7.12 Å². The normalized spacial score (nSPS) is 10.1. The van der Waals surface area contributed by atoms with E-state index in [2.05, 4.69) is 4.98 Å². The zero-order valence-corrected chi connectivity index (χ0v) is 9.37. The number of hydrogen-bond acceptors (Lipinski definition) is 4. The van der Waals surface area contributed by atoms with Gasteiger partial charge in [-0.05, 0) is 41.9 Å². The molecular weight excluding hydrogens is 217 g/mol. The molecule has 1 aromatic heterocycles. The standard InChI is InChI=1S/C12H12BNO3/c1-17-11-4-2-9(3-5-11)12-8-10(13(15)16)6-7-14-12/h2-8,15-16H,1H3. The molecule has 5 heteroatoms. The first-order chi connectivity index (χ1) is 8.20. The van der Waals surface area contributed by atoms with Gasteiger partial charge in [-0.25, -0.2) is 0 Å². The molecule has 1 heterocycles. The summed E-state index contributed by atoms with van der Waals surface area (Å²) >= 11 is 0. The van der Waals surface area contributed by atoms with Crippen molar-refractivity contribution in [3.05, 3.63) is 42.6 Å². The highest BCUT2D eigenvalue weighted by atomic mass is 16.5. The zero-order chi connectivity index (χ0) is 12.3. The van der Waals surface area contributed by atoms with Gasteiger partial charge in [-0.1, -0.05) is 0 Å². The molecule has 0 bridgehead atoms. The van der Waals surface area contributed by atoms with Crippen LogP contribution in [-0.2, 0) is 0 Å². The van der Waals surface area contributed by atoms with Gasteiger partial charge in [0.1, 0.15) is 5.75 Å². The largest absolute Gasteiger partial charge is 0.497 e. The lowest BCUT2D eigenvalue weighted by Crippen LogP contribution is -2.29. The zero-order valence-electron chi connectivity index (χ0n) is 9.37. The van der Waals surface area contributed by atoms with E-state index in [1.165, 1.54) is 0 Å². The van der Waals surface area contributed by atoms with Crippen molar-refractivity contribution < 1.29 is 14.8 Å². The van der Waals surface area contributed by atoms with E-state index in [1.807, 2.05) is 24.3 Å². The molecule has 0 aliphatic heterocycles. The minimum absolute atomic E-state index is 0.422. The molecule has 0 unspecified atom stereocenters. The Hall–Kier alpha value is -1.85. The van der Waals surface area contributed by atoms with Gasteiger partial charge in [0.25, 0.3) is 0 Å². The SMILES string of the molecule is COc1ccc(-c2cc(B(O)O)ccn2)cc1. The van der Waals surface area contributed by atoms with E-state index in [4.69, 9.17) is 14.8 Å². The molecule has 0 amide bonds. The topological polar surface area (TPSA) is 62.6 Å². The van der Waals surface area contributed by atoms with Gasteiger partial charge in [0.2, 0.25) is 0 Å². The van der Waals surface area contributed by atoms with Gasteiger partial charge in [-0.15, -0.1) is 0 Å². The monoisotopic (exact) mass is 229 g/mol. The Bertz CT molecular complexity index is 499. The number of nitrogens with zero attached hydrogens (tertiary/aromatic N) is 1. The van der Waals surface area contributed by atoms with Crippen LogP contribution < -0.4 is 10.2 Å². The highest BCUT2D eigenvalue weighted by molar-refractivity contribution is 6.58. The van der Waals surface area contributed by atoms with Gasteiger partial charge in [-0.3, -0.25) is 4.98 Å². The number of methoxy groups -OCH3 is 1. The fourth-order valence-electron chi connectivity index (χ4n) is 1.53. The summed E-state index contributed by atoms with van der Waals surface area (Å²) in [5, 5.41) is 18.2. The summed E-state index contributed by atoms with van der Waals surface area (Å²) in [5.41, 5.74) is 2.01. The molecule has 17 heavy (non-hydrogen) atoms.